The largest absolute Gasteiger partial charge is 0.345 e. The lowest BCUT2D eigenvalue weighted by molar-refractivity contribution is 0.120. The minimum absolute atomic E-state index is 0.697. The third-order valence-electron chi connectivity index (χ3n) is 6.16. The maximum absolute atomic E-state index is 4.62. The highest BCUT2D eigenvalue weighted by molar-refractivity contribution is 5.02. The van der Waals surface area contributed by atoms with Gasteiger partial charge in [-0.15, -0.1) is 0 Å². The average Bonchev–Trinajstić information content (AvgIpc) is 3.20. The first-order valence-electron chi connectivity index (χ1n) is 9.53. The summed E-state index contributed by atoms with van der Waals surface area (Å²) < 4.78 is 0. The van der Waals surface area contributed by atoms with Crippen molar-refractivity contribution in [3.63, 3.8) is 0 Å². The monoisotopic (exact) mass is 318 g/mol. The SMILES string of the molecule is C[C@H](C1CCN(Cc2cnc(CC3CCCC3)[nH]2)CC1)N(C)C. The summed E-state index contributed by atoms with van der Waals surface area (Å²) in [5, 5.41) is 0. The van der Waals surface area contributed by atoms with Gasteiger partial charge in [0.15, 0.2) is 0 Å². The molecule has 1 aromatic rings. The van der Waals surface area contributed by atoms with E-state index in [2.05, 4.69) is 47.0 Å². The molecule has 1 aliphatic carbocycles. The standard InChI is InChI=1S/C19H34N4/c1-15(22(2)3)17-8-10-23(11-9-17)14-18-13-20-19(21-18)12-16-6-4-5-7-16/h13,15-17H,4-12,14H2,1-3H3,(H,20,21)/t15-/m1/s1. The summed E-state index contributed by atoms with van der Waals surface area (Å²) in [6, 6.07) is 0.697. The predicted molar refractivity (Wildman–Crippen MR) is 95.4 cm³/mol. The van der Waals surface area contributed by atoms with Gasteiger partial charge in [-0.25, -0.2) is 4.98 Å². The van der Waals surface area contributed by atoms with Gasteiger partial charge in [0.05, 0.1) is 0 Å². The molecule has 0 unspecified atom stereocenters. The molecule has 4 heteroatoms. The summed E-state index contributed by atoms with van der Waals surface area (Å²) in [6.07, 6.45) is 11.5. The maximum Gasteiger partial charge on any atom is 0.106 e. The molecule has 0 radical (unpaired) electrons. The van der Waals surface area contributed by atoms with Crippen LogP contribution in [-0.4, -0.2) is 53.0 Å². The van der Waals surface area contributed by atoms with E-state index in [1.165, 1.54) is 63.1 Å². The molecule has 1 saturated heterocycles. The highest BCUT2D eigenvalue weighted by atomic mass is 15.2. The Morgan fingerprint density at radius 2 is 1.91 bits per heavy atom. The molecule has 130 valence electrons. The molecule has 1 saturated carbocycles. The van der Waals surface area contributed by atoms with Crippen molar-refractivity contribution in [1.29, 1.82) is 0 Å². The minimum atomic E-state index is 0.697. The van der Waals surface area contributed by atoms with Gasteiger partial charge in [0.1, 0.15) is 5.82 Å². The van der Waals surface area contributed by atoms with Crippen LogP contribution in [-0.2, 0) is 13.0 Å². The van der Waals surface area contributed by atoms with Gasteiger partial charge in [0, 0.05) is 30.9 Å². The Labute approximate surface area is 141 Å². The first-order valence-corrected chi connectivity index (χ1v) is 9.53. The number of imidazole rings is 1. The molecule has 1 aliphatic heterocycles. The van der Waals surface area contributed by atoms with Crippen LogP contribution < -0.4 is 0 Å². The second-order valence-electron chi connectivity index (χ2n) is 8.03. The van der Waals surface area contributed by atoms with Crippen LogP contribution in [0.1, 0.15) is 57.0 Å². The van der Waals surface area contributed by atoms with E-state index >= 15 is 0 Å². The lowest BCUT2D eigenvalue weighted by Gasteiger charge is -2.37. The van der Waals surface area contributed by atoms with Crippen molar-refractivity contribution in [3.8, 4) is 0 Å². The molecule has 1 N–H and O–H groups in total. The Morgan fingerprint density at radius 1 is 1.22 bits per heavy atom. The van der Waals surface area contributed by atoms with Crippen molar-refractivity contribution in [3.05, 3.63) is 17.7 Å². The molecule has 2 aliphatic rings. The summed E-state index contributed by atoms with van der Waals surface area (Å²) in [5.74, 6) is 2.93. The summed E-state index contributed by atoms with van der Waals surface area (Å²) in [4.78, 5) is 13.2. The predicted octanol–water partition coefficient (Wildman–Crippen LogP) is 3.30. The van der Waals surface area contributed by atoms with Gasteiger partial charge in [-0.3, -0.25) is 4.90 Å². The molecule has 23 heavy (non-hydrogen) atoms. The van der Waals surface area contributed by atoms with Crippen LogP contribution in [0, 0.1) is 11.8 Å². The fraction of sp³-hybridized carbons (Fsp3) is 0.842. The molecule has 0 aromatic carbocycles. The molecule has 0 bridgehead atoms. The first kappa shape index (κ1) is 17.0. The van der Waals surface area contributed by atoms with Crippen molar-refractivity contribution >= 4 is 0 Å². The van der Waals surface area contributed by atoms with E-state index in [1.807, 2.05) is 0 Å². The summed E-state index contributed by atoms with van der Waals surface area (Å²) >= 11 is 0. The zero-order valence-electron chi connectivity index (χ0n) is 15.2. The molecule has 1 aromatic heterocycles. The second kappa shape index (κ2) is 7.80. The quantitative estimate of drug-likeness (QED) is 0.874. The normalized spacial score (nSPS) is 23.0. The van der Waals surface area contributed by atoms with Gasteiger partial charge in [0.2, 0.25) is 0 Å². The fourth-order valence-corrected chi connectivity index (χ4v) is 4.33. The molecule has 0 spiro atoms. The second-order valence-corrected chi connectivity index (χ2v) is 8.03. The van der Waals surface area contributed by atoms with Crippen LogP contribution in [0.15, 0.2) is 6.20 Å². The van der Waals surface area contributed by atoms with Crippen LogP contribution >= 0.6 is 0 Å². The third kappa shape index (κ3) is 4.57. The van der Waals surface area contributed by atoms with E-state index in [0.717, 1.165) is 24.8 Å². The number of hydrogen-bond donors (Lipinski definition) is 1. The van der Waals surface area contributed by atoms with Gasteiger partial charge in [-0.05, 0) is 58.8 Å². The van der Waals surface area contributed by atoms with Gasteiger partial charge in [-0.1, -0.05) is 25.7 Å². The van der Waals surface area contributed by atoms with E-state index < -0.39 is 0 Å². The van der Waals surface area contributed by atoms with Gasteiger partial charge >= 0.3 is 0 Å². The average molecular weight is 319 g/mol. The zero-order chi connectivity index (χ0) is 16.2. The lowest BCUT2D eigenvalue weighted by atomic mass is 9.90. The number of nitrogens with zero attached hydrogens (tertiary/aromatic N) is 3. The number of piperidine rings is 1. The molecule has 2 heterocycles. The van der Waals surface area contributed by atoms with E-state index in [1.54, 1.807) is 0 Å². The van der Waals surface area contributed by atoms with E-state index in [9.17, 15) is 0 Å². The van der Waals surface area contributed by atoms with Gasteiger partial charge in [0.25, 0.3) is 0 Å². The number of aromatic amines is 1. The van der Waals surface area contributed by atoms with Crippen molar-refractivity contribution < 1.29 is 0 Å². The minimum Gasteiger partial charge on any atom is -0.345 e. The van der Waals surface area contributed by atoms with Crippen LogP contribution in [0.4, 0.5) is 0 Å². The Bertz CT molecular complexity index is 467. The molecule has 2 fully saturated rings. The number of nitrogens with one attached hydrogen (secondary N) is 1. The highest BCUT2D eigenvalue weighted by Gasteiger charge is 2.25. The number of hydrogen-bond acceptors (Lipinski definition) is 3. The van der Waals surface area contributed by atoms with Crippen LogP contribution in [0.2, 0.25) is 0 Å². The van der Waals surface area contributed by atoms with Crippen LogP contribution in [0.5, 0.6) is 0 Å². The summed E-state index contributed by atoms with van der Waals surface area (Å²) in [7, 11) is 4.40. The lowest BCUT2D eigenvalue weighted by Crippen LogP contribution is -2.41. The number of aromatic nitrogens is 2. The molecule has 4 nitrogen and oxygen atoms in total. The number of likely N-dealkylation sites (tertiary alicyclic amines) is 1. The van der Waals surface area contributed by atoms with Gasteiger partial charge in [-0.2, -0.15) is 0 Å². The Morgan fingerprint density at radius 3 is 2.57 bits per heavy atom. The Kier molecular flexibility index (Phi) is 5.76. The number of H-pyrrole nitrogens is 1. The smallest absolute Gasteiger partial charge is 0.106 e. The van der Waals surface area contributed by atoms with Crippen molar-refractivity contribution in [2.75, 3.05) is 27.2 Å². The van der Waals surface area contributed by atoms with Crippen molar-refractivity contribution in [1.82, 2.24) is 19.8 Å². The Hall–Kier alpha value is -0.870. The van der Waals surface area contributed by atoms with E-state index in [0.29, 0.717) is 6.04 Å². The summed E-state index contributed by atoms with van der Waals surface area (Å²) in [5.41, 5.74) is 1.30. The fourth-order valence-electron chi connectivity index (χ4n) is 4.33. The first-order chi connectivity index (χ1) is 11.1. The van der Waals surface area contributed by atoms with E-state index in [4.69, 9.17) is 0 Å². The molecule has 3 rings (SSSR count). The zero-order valence-corrected chi connectivity index (χ0v) is 15.2. The van der Waals surface area contributed by atoms with E-state index in [-0.39, 0.29) is 0 Å². The molecule has 0 amide bonds. The van der Waals surface area contributed by atoms with Gasteiger partial charge < -0.3 is 9.88 Å². The molecule has 1 atom stereocenters. The maximum atomic E-state index is 4.62. The summed E-state index contributed by atoms with van der Waals surface area (Å²) in [6.45, 7) is 5.85. The topological polar surface area (TPSA) is 35.2 Å². The Balaban J connectivity index is 1.44. The molecular weight excluding hydrogens is 284 g/mol. The van der Waals surface area contributed by atoms with Crippen LogP contribution in [0.3, 0.4) is 0 Å². The van der Waals surface area contributed by atoms with Crippen molar-refractivity contribution in [2.24, 2.45) is 11.8 Å². The molecular formula is C19H34N4. The number of rotatable bonds is 6. The third-order valence-corrected chi connectivity index (χ3v) is 6.16. The van der Waals surface area contributed by atoms with Crippen molar-refractivity contribution in [2.45, 2.75) is 64.5 Å². The van der Waals surface area contributed by atoms with Crippen LogP contribution in [0.25, 0.3) is 0 Å². The highest BCUT2D eigenvalue weighted by Crippen LogP contribution is 2.27.